The lowest BCUT2D eigenvalue weighted by Crippen LogP contribution is -2.29. The van der Waals surface area contributed by atoms with E-state index in [0.29, 0.717) is 5.92 Å². The van der Waals surface area contributed by atoms with Gasteiger partial charge in [-0.15, -0.1) is 0 Å². The Balaban J connectivity index is 0.000000196. The molecule has 1 aromatic carbocycles. The second-order valence-corrected chi connectivity index (χ2v) is 6.88. The van der Waals surface area contributed by atoms with Gasteiger partial charge in [-0.2, -0.15) is 0 Å². The topological polar surface area (TPSA) is 35.2 Å². The summed E-state index contributed by atoms with van der Waals surface area (Å²) < 4.78 is 6.11. The van der Waals surface area contributed by atoms with Crippen molar-refractivity contribution in [3.63, 3.8) is 0 Å². The molecule has 0 radical (unpaired) electrons. The van der Waals surface area contributed by atoms with Gasteiger partial charge in [-0.3, -0.25) is 0 Å². The molecule has 2 N–H and O–H groups in total. The highest BCUT2D eigenvalue weighted by atomic mass is 16.5. The predicted molar refractivity (Wildman–Crippen MR) is 93.5 cm³/mol. The Bertz CT molecular complexity index is 692. The molecule has 0 spiro atoms. The summed E-state index contributed by atoms with van der Waals surface area (Å²) in [6.45, 7) is 10.7. The first kappa shape index (κ1) is 15.0. The van der Waals surface area contributed by atoms with Crippen LogP contribution in [0.3, 0.4) is 0 Å². The molecule has 22 heavy (non-hydrogen) atoms. The minimum Gasteiger partial charge on any atom is -0.487 e. The van der Waals surface area contributed by atoms with Crippen LogP contribution in [0.1, 0.15) is 49.8 Å². The van der Waals surface area contributed by atoms with Gasteiger partial charge < -0.3 is 10.5 Å². The quantitative estimate of drug-likeness (QED) is 0.625. The molecule has 1 aliphatic heterocycles. The number of fused-ring (bicyclic) bond motifs is 2. The molecular weight excluding hydrogens is 270 g/mol. The van der Waals surface area contributed by atoms with Gasteiger partial charge in [0, 0.05) is 17.2 Å². The molecular formula is C20H25NO. The van der Waals surface area contributed by atoms with Gasteiger partial charge in [-0.25, -0.2) is 0 Å². The van der Waals surface area contributed by atoms with Gasteiger partial charge in [0.2, 0.25) is 0 Å². The van der Waals surface area contributed by atoms with Crippen LogP contribution in [0.15, 0.2) is 30.3 Å². The zero-order valence-corrected chi connectivity index (χ0v) is 14.2. The lowest BCUT2D eigenvalue weighted by atomic mass is 9.84. The Kier molecular flexibility index (Phi) is 3.43. The first-order valence-electron chi connectivity index (χ1n) is 8.04. The molecule has 3 aliphatic rings. The van der Waals surface area contributed by atoms with Crippen molar-refractivity contribution in [3.8, 4) is 16.9 Å². The van der Waals surface area contributed by atoms with E-state index in [1.165, 1.54) is 22.3 Å². The number of anilines is 1. The van der Waals surface area contributed by atoms with Crippen LogP contribution in [-0.2, 0) is 0 Å². The SMILES string of the molecule is CCC1c2cc(N)c(C)c(C)c2OC1(C)C.c1cc2ccc1-2. The van der Waals surface area contributed by atoms with Crippen LogP contribution in [0.5, 0.6) is 5.75 Å². The van der Waals surface area contributed by atoms with Gasteiger partial charge in [-0.1, -0.05) is 31.2 Å². The van der Waals surface area contributed by atoms with Gasteiger partial charge in [0.15, 0.2) is 0 Å². The minimum atomic E-state index is -0.109. The molecule has 0 saturated heterocycles. The molecule has 1 unspecified atom stereocenters. The van der Waals surface area contributed by atoms with E-state index in [-0.39, 0.29) is 5.60 Å². The monoisotopic (exact) mass is 295 g/mol. The lowest BCUT2D eigenvalue weighted by molar-refractivity contribution is 0.107. The number of hydrogen-bond acceptors (Lipinski definition) is 2. The normalized spacial score (nSPS) is 18.9. The molecule has 1 heterocycles. The zero-order chi connectivity index (χ0) is 16.1. The van der Waals surface area contributed by atoms with Crippen LogP contribution in [0.4, 0.5) is 5.69 Å². The van der Waals surface area contributed by atoms with Gasteiger partial charge in [0.25, 0.3) is 0 Å². The molecule has 1 aromatic rings. The van der Waals surface area contributed by atoms with Gasteiger partial charge >= 0.3 is 0 Å². The van der Waals surface area contributed by atoms with Crippen LogP contribution in [-0.4, -0.2) is 5.60 Å². The number of benzene rings is 2. The van der Waals surface area contributed by atoms with Crippen LogP contribution in [0.2, 0.25) is 0 Å². The van der Waals surface area contributed by atoms with Crippen molar-refractivity contribution < 1.29 is 4.74 Å². The highest BCUT2D eigenvalue weighted by Gasteiger charge is 2.41. The van der Waals surface area contributed by atoms with Crippen molar-refractivity contribution in [2.45, 2.75) is 52.6 Å². The second-order valence-electron chi connectivity index (χ2n) is 6.88. The maximum Gasteiger partial charge on any atom is 0.127 e. The summed E-state index contributed by atoms with van der Waals surface area (Å²) in [5, 5.41) is 0. The third-order valence-electron chi connectivity index (χ3n) is 5.12. The van der Waals surface area contributed by atoms with E-state index >= 15 is 0 Å². The van der Waals surface area contributed by atoms with Crippen molar-refractivity contribution in [3.05, 3.63) is 47.0 Å². The van der Waals surface area contributed by atoms with Crippen molar-refractivity contribution >= 4 is 5.69 Å². The van der Waals surface area contributed by atoms with E-state index in [0.717, 1.165) is 23.4 Å². The largest absolute Gasteiger partial charge is 0.487 e. The first-order valence-corrected chi connectivity index (χ1v) is 8.04. The average Bonchev–Trinajstić information content (AvgIpc) is 2.71. The average molecular weight is 295 g/mol. The fourth-order valence-corrected chi connectivity index (χ4v) is 3.42. The predicted octanol–water partition coefficient (Wildman–Crippen LogP) is 5.22. The number of hydrogen-bond donors (Lipinski definition) is 1. The Morgan fingerprint density at radius 2 is 1.59 bits per heavy atom. The van der Waals surface area contributed by atoms with Gasteiger partial charge in [0.1, 0.15) is 11.4 Å². The number of ether oxygens (including phenoxy) is 1. The summed E-state index contributed by atoms with van der Waals surface area (Å²) in [4.78, 5) is 0. The molecule has 116 valence electrons. The van der Waals surface area contributed by atoms with Gasteiger partial charge in [0.05, 0.1) is 0 Å². The molecule has 0 saturated carbocycles. The fraction of sp³-hybridized carbons (Fsp3) is 0.400. The fourth-order valence-electron chi connectivity index (χ4n) is 3.42. The summed E-state index contributed by atoms with van der Waals surface area (Å²) in [5.74, 6) is 1.51. The van der Waals surface area contributed by atoms with E-state index in [1.807, 2.05) is 0 Å². The molecule has 0 amide bonds. The van der Waals surface area contributed by atoms with Crippen molar-refractivity contribution in [2.24, 2.45) is 0 Å². The smallest absolute Gasteiger partial charge is 0.127 e. The van der Waals surface area contributed by atoms with Crippen molar-refractivity contribution in [2.75, 3.05) is 5.73 Å². The first-order chi connectivity index (χ1) is 10.3. The van der Waals surface area contributed by atoms with Crippen molar-refractivity contribution in [1.82, 2.24) is 0 Å². The molecule has 1 atom stereocenters. The van der Waals surface area contributed by atoms with E-state index in [4.69, 9.17) is 10.5 Å². The lowest BCUT2D eigenvalue weighted by Gasteiger charge is -2.25. The minimum absolute atomic E-state index is 0.109. The zero-order valence-electron chi connectivity index (χ0n) is 14.2. The highest BCUT2D eigenvalue weighted by molar-refractivity contribution is 5.75. The van der Waals surface area contributed by atoms with E-state index in [9.17, 15) is 0 Å². The Morgan fingerprint density at radius 1 is 1.05 bits per heavy atom. The van der Waals surface area contributed by atoms with Crippen LogP contribution in [0, 0.1) is 13.8 Å². The number of rotatable bonds is 1. The van der Waals surface area contributed by atoms with Crippen LogP contribution >= 0.6 is 0 Å². The maximum absolute atomic E-state index is 6.11. The Hall–Kier alpha value is -1.96. The summed E-state index contributed by atoms with van der Waals surface area (Å²) in [6.07, 6.45) is 1.09. The second kappa shape index (κ2) is 5.05. The highest BCUT2D eigenvalue weighted by Crippen LogP contribution is 2.49. The van der Waals surface area contributed by atoms with Crippen LogP contribution in [0.25, 0.3) is 11.1 Å². The van der Waals surface area contributed by atoms with Crippen molar-refractivity contribution in [1.29, 1.82) is 0 Å². The van der Waals surface area contributed by atoms with E-state index in [2.05, 4.69) is 65.0 Å². The molecule has 2 nitrogen and oxygen atoms in total. The maximum atomic E-state index is 6.11. The Labute approximate surface area is 133 Å². The third-order valence-corrected chi connectivity index (χ3v) is 5.12. The number of nitrogens with two attached hydrogens (primary N) is 1. The molecule has 0 aromatic heterocycles. The van der Waals surface area contributed by atoms with Gasteiger partial charge in [-0.05, 0) is 62.4 Å². The standard InChI is InChI=1S/C14H21NO.C6H4/c1-6-11-10-7-12(15)8(2)9(3)13(10)16-14(11,4)5;1-2-6-4-3-5(1)6/h7,11H,6,15H2,1-5H3;1-4H. The summed E-state index contributed by atoms with van der Waals surface area (Å²) in [7, 11) is 0. The Morgan fingerprint density at radius 3 is 2.00 bits per heavy atom. The molecule has 0 bridgehead atoms. The van der Waals surface area contributed by atoms with E-state index in [1.54, 1.807) is 0 Å². The third kappa shape index (κ3) is 2.18. The molecule has 2 aliphatic carbocycles. The summed E-state index contributed by atoms with van der Waals surface area (Å²) in [5.41, 5.74) is 13.3. The van der Waals surface area contributed by atoms with Crippen LogP contribution < -0.4 is 10.5 Å². The molecule has 2 heteroatoms. The van der Waals surface area contributed by atoms with E-state index < -0.39 is 0 Å². The summed E-state index contributed by atoms with van der Waals surface area (Å²) in [6, 6.07) is 10.6. The molecule has 0 fully saturated rings. The summed E-state index contributed by atoms with van der Waals surface area (Å²) >= 11 is 0. The number of nitrogen functional groups attached to an aromatic ring is 1. The molecule has 4 rings (SSSR count).